The van der Waals surface area contributed by atoms with Gasteiger partial charge in [-0.2, -0.15) is 0 Å². The second-order valence-electron chi connectivity index (χ2n) is 3.94. The predicted molar refractivity (Wildman–Crippen MR) is 62.4 cm³/mol. The van der Waals surface area contributed by atoms with Crippen molar-refractivity contribution in [3.8, 4) is 0 Å². The zero-order valence-corrected chi connectivity index (χ0v) is 9.80. The highest BCUT2D eigenvalue weighted by molar-refractivity contribution is 5.96. The maximum Gasteiger partial charge on any atom is 0.276 e. The van der Waals surface area contributed by atoms with E-state index in [9.17, 15) is 4.79 Å². The van der Waals surface area contributed by atoms with Crippen molar-refractivity contribution in [1.29, 1.82) is 0 Å². The monoisotopic (exact) mass is 236 g/mol. The molecule has 0 aromatic carbocycles. The molecular weight excluding hydrogens is 220 g/mol. The number of morpholine rings is 1. The zero-order chi connectivity index (χ0) is 12.3. The first-order valence-electron chi connectivity index (χ1n) is 5.69. The molecule has 6 nitrogen and oxygen atoms in total. The summed E-state index contributed by atoms with van der Waals surface area (Å²) in [5, 5.41) is 0. The van der Waals surface area contributed by atoms with Gasteiger partial charge in [-0.1, -0.05) is 6.92 Å². The van der Waals surface area contributed by atoms with Crippen LogP contribution in [0.1, 0.15) is 23.8 Å². The first-order chi connectivity index (χ1) is 8.22. The number of carbonyl (C=O) groups is 1. The number of anilines is 1. The lowest BCUT2D eigenvalue weighted by atomic mass is 10.2. The Bertz CT molecular complexity index is 410. The Morgan fingerprint density at radius 1 is 1.59 bits per heavy atom. The lowest BCUT2D eigenvalue weighted by Gasteiger charge is -2.32. The lowest BCUT2D eigenvalue weighted by molar-refractivity contribution is -0.0227. The third-order valence-corrected chi connectivity index (χ3v) is 2.81. The lowest BCUT2D eigenvalue weighted by Crippen LogP contribution is -2.45. The molecule has 0 unspecified atom stereocenters. The highest BCUT2D eigenvalue weighted by Gasteiger charge is 2.26. The van der Waals surface area contributed by atoms with Crippen molar-refractivity contribution in [2.24, 2.45) is 0 Å². The van der Waals surface area contributed by atoms with Crippen LogP contribution in [-0.4, -0.2) is 46.6 Å². The summed E-state index contributed by atoms with van der Waals surface area (Å²) in [4.78, 5) is 21.7. The quantitative estimate of drug-likeness (QED) is 0.799. The van der Waals surface area contributed by atoms with Gasteiger partial charge in [-0.15, -0.1) is 0 Å². The third kappa shape index (κ3) is 2.52. The van der Waals surface area contributed by atoms with Crippen molar-refractivity contribution < 1.29 is 9.53 Å². The van der Waals surface area contributed by atoms with E-state index >= 15 is 0 Å². The van der Waals surface area contributed by atoms with Gasteiger partial charge in [0.25, 0.3) is 5.91 Å². The predicted octanol–water partition coefficient (Wildman–Crippen LogP) is 0.310. The van der Waals surface area contributed by atoms with Crippen molar-refractivity contribution in [1.82, 2.24) is 14.9 Å². The Morgan fingerprint density at radius 2 is 2.35 bits per heavy atom. The summed E-state index contributed by atoms with van der Waals surface area (Å²) < 4.78 is 5.51. The van der Waals surface area contributed by atoms with Crippen LogP contribution in [0.25, 0.3) is 0 Å². The van der Waals surface area contributed by atoms with E-state index in [0.29, 0.717) is 19.7 Å². The number of amides is 1. The summed E-state index contributed by atoms with van der Waals surface area (Å²) in [7, 11) is 0. The molecule has 1 aromatic heterocycles. The van der Waals surface area contributed by atoms with Crippen LogP contribution in [0.2, 0.25) is 0 Å². The van der Waals surface area contributed by atoms with Gasteiger partial charge in [0.05, 0.1) is 12.7 Å². The first-order valence-corrected chi connectivity index (χ1v) is 5.69. The van der Waals surface area contributed by atoms with E-state index < -0.39 is 0 Å². The number of nitrogens with zero attached hydrogens (tertiary/aromatic N) is 3. The van der Waals surface area contributed by atoms with Crippen LogP contribution in [0.5, 0.6) is 0 Å². The largest absolute Gasteiger partial charge is 0.382 e. The molecule has 0 bridgehead atoms. The first kappa shape index (κ1) is 11.8. The van der Waals surface area contributed by atoms with E-state index in [0.717, 1.165) is 6.42 Å². The highest BCUT2D eigenvalue weighted by Crippen LogP contribution is 2.13. The Kier molecular flexibility index (Phi) is 3.53. The van der Waals surface area contributed by atoms with E-state index in [4.69, 9.17) is 10.5 Å². The summed E-state index contributed by atoms with van der Waals surface area (Å²) in [5.41, 5.74) is 5.87. The summed E-state index contributed by atoms with van der Waals surface area (Å²) in [6.07, 6.45) is 3.94. The van der Waals surface area contributed by atoms with Crippen LogP contribution in [0.15, 0.2) is 12.4 Å². The maximum atomic E-state index is 12.2. The smallest absolute Gasteiger partial charge is 0.276 e. The summed E-state index contributed by atoms with van der Waals surface area (Å²) >= 11 is 0. The number of ether oxygens (including phenoxy) is 1. The fourth-order valence-corrected chi connectivity index (χ4v) is 1.81. The molecule has 0 saturated carbocycles. The molecule has 1 saturated heterocycles. The van der Waals surface area contributed by atoms with E-state index in [1.54, 1.807) is 4.90 Å². The number of hydrogen-bond acceptors (Lipinski definition) is 5. The highest BCUT2D eigenvalue weighted by atomic mass is 16.5. The van der Waals surface area contributed by atoms with Crippen molar-refractivity contribution in [3.05, 3.63) is 18.1 Å². The van der Waals surface area contributed by atoms with E-state index in [1.807, 2.05) is 6.92 Å². The summed E-state index contributed by atoms with van der Waals surface area (Å²) in [5.74, 6) is 0.00869. The number of nitrogens with two attached hydrogens (primary N) is 1. The second-order valence-corrected chi connectivity index (χ2v) is 3.94. The summed E-state index contributed by atoms with van der Waals surface area (Å²) in [6.45, 7) is 3.76. The van der Waals surface area contributed by atoms with Gasteiger partial charge in [0.1, 0.15) is 0 Å². The van der Waals surface area contributed by atoms with Crippen molar-refractivity contribution >= 4 is 11.7 Å². The Morgan fingerprint density at radius 3 is 3.06 bits per heavy atom. The van der Waals surface area contributed by atoms with Crippen molar-refractivity contribution in [2.75, 3.05) is 25.4 Å². The van der Waals surface area contributed by atoms with Crippen LogP contribution in [0.4, 0.5) is 5.82 Å². The van der Waals surface area contributed by atoms with E-state index in [2.05, 4.69) is 9.97 Å². The average molecular weight is 236 g/mol. The molecular formula is C11H16N4O2. The molecule has 1 fully saturated rings. The topological polar surface area (TPSA) is 81.3 Å². The van der Waals surface area contributed by atoms with Crippen LogP contribution in [0.3, 0.4) is 0 Å². The number of rotatable bonds is 2. The van der Waals surface area contributed by atoms with Crippen LogP contribution in [0, 0.1) is 0 Å². The number of aromatic nitrogens is 2. The van der Waals surface area contributed by atoms with Gasteiger partial charge >= 0.3 is 0 Å². The second kappa shape index (κ2) is 5.09. The number of hydrogen-bond donors (Lipinski definition) is 1. The molecule has 1 aromatic rings. The minimum atomic E-state index is -0.169. The van der Waals surface area contributed by atoms with E-state index in [-0.39, 0.29) is 23.5 Å². The van der Waals surface area contributed by atoms with Gasteiger partial charge < -0.3 is 15.4 Å². The molecule has 1 aliphatic heterocycles. The number of nitrogen functional groups attached to an aromatic ring is 1. The Hall–Kier alpha value is -1.69. The molecule has 17 heavy (non-hydrogen) atoms. The normalized spacial score (nSPS) is 20.3. The molecule has 2 rings (SSSR count). The molecule has 0 aliphatic carbocycles. The molecule has 2 N–H and O–H groups in total. The van der Waals surface area contributed by atoms with Gasteiger partial charge in [-0.25, -0.2) is 9.97 Å². The third-order valence-electron chi connectivity index (χ3n) is 2.81. The fourth-order valence-electron chi connectivity index (χ4n) is 1.81. The van der Waals surface area contributed by atoms with Crippen molar-refractivity contribution in [2.45, 2.75) is 19.4 Å². The average Bonchev–Trinajstić information content (AvgIpc) is 2.38. The van der Waals surface area contributed by atoms with Crippen LogP contribution < -0.4 is 5.73 Å². The Balaban J connectivity index is 2.12. The minimum Gasteiger partial charge on any atom is -0.382 e. The number of carbonyl (C=O) groups excluding carboxylic acids is 1. The molecule has 6 heteroatoms. The van der Waals surface area contributed by atoms with Crippen LogP contribution >= 0.6 is 0 Å². The molecule has 1 atom stereocenters. The maximum absolute atomic E-state index is 12.2. The molecule has 2 heterocycles. The van der Waals surface area contributed by atoms with Gasteiger partial charge in [0.15, 0.2) is 11.5 Å². The molecule has 0 spiro atoms. The van der Waals surface area contributed by atoms with Gasteiger partial charge in [-0.05, 0) is 6.42 Å². The zero-order valence-electron chi connectivity index (χ0n) is 9.80. The van der Waals surface area contributed by atoms with Crippen LogP contribution in [-0.2, 0) is 4.74 Å². The minimum absolute atomic E-state index is 0.102. The van der Waals surface area contributed by atoms with Gasteiger partial charge in [0.2, 0.25) is 0 Å². The SMILES string of the molecule is CC[C@@H]1CN(C(=O)c2nccnc2N)CCO1. The molecule has 1 aliphatic rings. The standard InChI is InChI=1S/C11H16N4O2/c1-2-8-7-15(5-6-17-8)11(16)9-10(12)14-4-3-13-9/h3-4,8H,2,5-7H2,1H3,(H2,12,14)/t8-/m1/s1. The van der Waals surface area contributed by atoms with Crippen molar-refractivity contribution in [3.63, 3.8) is 0 Å². The summed E-state index contributed by atoms with van der Waals surface area (Å²) in [6, 6.07) is 0. The fraction of sp³-hybridized carbons (Fsp3) is 0.545. The van der Waals surface area contributed by atoms with E-state index in [1.165, 1.54) is 12.4 Å². The van der Waals surface area contributed by atoms with Gasteiger partial charge in [-0.3, -0.25) is 4.79 Å². The Labute approximate surface area is 99.8 Å². The molecule has 0 radical (unpaired) electrons. The molecule has 92 valence electrons. The van der Waals surface area contributed by atoms with Gasteiger partial charge in [0, 0.05) is 25.5 Å². The molecule has 1 amide bonds.